The maximum Gasteiger partial charge on any atom is 0.323 e. The highest BCUT2D eigenvalue weighted by molar-refractivity contribution is 5.65. The molecular weight excluding hydrogens is 204 g/mol. The molecule has 0 unspecified atom stereocenters. The van der Waals surface area contributed by atoms with Gasteiger partial charge in [-0.3, -0.25) is 0 Å². The van der Waals surface area contributed by atoms with Gasteiger partial charge >= 0.3 is 5.69 Å². The fourth-order valence-electron chi connectivity index (χ4n) is 1.78. The summed E-state index contributed by atoms with van der Waals surface area (Å²) in [6.07, 6.45) is 1.68. The van der Waals surface area contributed by atoms with Crippen molar-refractivity contribution in [3.05, 3.63) is 39.9 Å². The standard InChI is InChI=1S/C12H14N2O2/c1-7-5-11(16-3)8(2)4-9(7)10-6-13-12(15)14-10/h4-6H,1-3H3,(H2,13,14,15). The fourth-order valence-corrected chi connectivity index (χ4v) is 1.78. The van der Waals surface area contributed by atoms with Crippen LogP contribution in [0.2, 0.25) is 0 Å². The van der Waals surface area contributed by atoms with Crippen molar-refractivity contribution in [3.63, 3.8) is 0 Å². The van der Waals surface area contributed by atoms with Crippen LogP contribution in [0.3, 0.4) is 0 Å². The zero-order valence-electron chi connectivity index (χ0n) is 9.55. The minimum Gasteiger partial charge on any atom is -0.496 e. The molecule has 0 aliphatic carbocycles. The first-order valence-corrected chi connectivity index (χ1v) is 5.05. The third-order valence-electron chi connectivity index (χ3n) is 2.63. The molecule has 2 N–H and O–H groups in total. The van der Waals surface area contributed by atoms with Crippen molar-refractivity contribution >= 4 is 0 Å². The molecule has 2 aromatic rings. The summed E-state index contributed by atoms with van der Waals surface area (Å²) >= 11 is 0. The molecular formula is C12H14N2O2. The van der Waals surface area contributed by atoms with Crippen LogP contribution in [0.5, 0.6) is 5.75 Å². The number of ether oxygens (including phenoxy) is 1. The summed E-state index contributed by atoms with van der Waals surface area (Å²) in [5.41, 5.74) is 3.73. The van der Waals surface area contributed by atoms with E-state index >= 15 is 0 Å². The van der Waals surface area contributed by atoms with Crippen molar-refractivity contribution in [3.8, 4) is 17.0 Å². The molecule has 16 heavy (non-hydrogen) atoms. The molecule has 2 rings (SSSR count). The Labute approximate surface area is 93.3 Å². The van der Waals surface area contributed by atoms with Gasteiger partial charge in [0.1, 0.15) is 5.75 Å². The average molecular weight is 218 g/mol. The summed E-state index contributed by atoms with van der Waals surface area (Å²) in [5, 5.41) is 0. The summed E-state index contributed by atoms with van der Waals surface area (Å²) in [6.45, 7) is 3.97. The normalized spacial score (nSPS) is 10.4. The van der Waals surface area contributed by atoms with Gasteiger partial charge in [-0.1, -0.05) is 0 Å². The van der Waals surface area contributed by atoms with Gasteiger partial charge in [-0.15, -0.1) is 0 Å². The summed E-state index contributed by atoms with van der Waals surface area (Å²) in [4.78, 5) is 16.4. The molecule has 0 amide bonds. The third kappa shape index (κ3) is 1.74. The van der Waals surface area contributed by atoms with Gasteiger partial charge in [0.25, 0.3) is 0 Å². The predicted octanol–water partition coefficient (Wildman–Crippen LogP) is 2.00. The van der Waals surface area contributed by atoms with Crippen LogP contribution < -0.4 is 10.4 Å². The monoisotopic (exact) mass is 218 g/mol. The van der Waals surface area contributed by atoms with Gasteiger partial charge < -0.3 is 14.7 Å². The average Bonchev–Trinajstić information content (AvgIpc) is 2.67. The highest BCUT2D eigenvalue weighted by atomic mass is 16.5. The lowest BCUT2D eigenvalue weighted by atomic mass is 10.0. The second-order valence-corrected chi connectivity index (χ2v) is 3.79. The number of benzene rings is 1. The summed E-state index contributed by atoms with van der Waals surface area (Å²) < 4.78 is 5.24. The molecule has 0 bridgehead atoms. The number of methoxy groups -OCH3 is 1. The van der Waals surface area contributed by atoms with E-state index in [4.69, 9.17) is 4.74 Å². The Morgan fingerprint density at radius 3 is 2.50 bits per heavy atom. The Balaban J connectivity index is 2.58. The summed E-state index contributed by atoms with van der Waals surface area (Å²) in [6, 6.07) is 3.98. The van der Waals surface area contributed by atoms with Crippen LogP contribution in [0.15, 0.2) is 23.1 Å². The lowest BCUT2D eigenvalue weighted by Gasteiger charge is -2.09. The van der Waals surface area contributed by atoms with E-state index in [-0.39, 0.29) is 5.69 Å². The van der Waals surface area contributed by atoms with Crippen LogP contribution in [0.1, 0.15) is 11.1 Å². The molecule has 0 atom stereocenters. The van der Waals surface area contributed by atoms with E-state index in [9.17, 15) is 4.79 Å². The summed E-state index contributed by atoms with van der Waals surface area (Å²) in [5.74, 6) is 0.860. The Morgan fingerprint density at radius 2 is 1.94 bits per heavy atom. The van der Waals surface area contributed by atoms with Crippen molar-refractivity contribution in [1.82, 2.24) is 9.97 Å². The maximum atomic E-state index is 11.0. The molecule has 0 saturated heterocycles. The Morgan fingerprint density at radius 1 is 1.19 bits per heavy atom. The molecule has 0 aliphatic rings. The highest BCUT2D eigenvalue weighted by Crippen LogP contribution is 2.28. The lowest BCUT2D eigenvalue weighted by Crippen LogP contribution is -2.00. The van der Waals surface area contributed by atoms with Crippen molar-refractivity contribution < 1.29 is 4.74 Å². The van der Waals surface area contributed by atoms with Crippen molar-refractivity contribution in [2.75, 3.05) is 7.11 Å². The predicted molar refractivity (Wildman–Crippen MR) is 62.9 cm³/mol. The molecule has 1 heterocycles. The molecule has 0 aliphatic heterocycles. The van der Waals surface area contributed by atoms with Crippen LogP contribution in [0, 0.1) is 13.8 Å². The van der Waals surface area contributed by atoms with E-state index in [1.807, 2.05) is 26.0 Å². The number of aromatic amines is 2. The largest absolute Gasteiger partial charge is 0.496 e. The van der Waals surface area contributed by atoms with Gasteiger partial charge in [-0.05, 0) is 37.1 Å². The first-order chi connectivity index (χ1) is 7.61. The molecule has 4 nitrogen and oxygen atoms in total. The van der Waals surface area contributed by atoms with E-state index in [1.165, 1.54) is 0 Å². The smallest absolute Gasteiger partial charge is 0.323 e. The molecule has 0 fully saturated rings. The number of H-pyrrole nitrogens is 2. The van der Waals surface area contributed by atoms with Crippen molar-refractivity contribution in [1.29, 1.82) is 0 Å². The number of rotatable bonds is 2. The minimum absolute atomic E-state index is 0.192. The SMILES string of the molecule is COc1cc(C)c(-c2c[nH]c(=O)[nH]2)cc1C. The first kappa shape index (κ1) is 10.5. The van der Waals surface area contributed by atoms with Crippen molar-refractivity contribution in [2.45, 2.75) is 13.8 Å². The third-order valence-corrected chi connectivity index (χ3v) is 2.63. The molecule has 0 spiro atoms. The van der Waals surface area contributed by atoms with E-state index in [0.717, 1.165) is 28.1 Å². The molecule has 1 aromatic heterocycles. The Kier molecular flexibility index (Phi) is 2.56. The number of aryl methyl sites for hydroxylation is 2. The Hall–Kier alpha value is -1.97. The quantitative estimate of drug-likeness (QED) is 0.809. The van der Waals surface area contributed by atoms with Gasteiger partial charge in [0.2, 0.25) is 0 Å². The van der Waals surface area contributed by atoms with Gasteiger partial charge in [-0.2, -0.15) is 0 Å². The van der Waals surface area contributed by atoms with Gasteiger partial charge in [-0.25, -0.2) is 4.79 Å². The number of hydrogen-bond donors (Lipinski definition) is 2. The van der Waals surface area contributed by atoms with E-state index < -0.39 is 0 Å². The van der Waals surface area contributed by atoms with E-state index in [1.54, 1.807) is 13.3 Å². The number of imidazole rings is 1. The fraction of sp³-hybridized carbons (Fsp3) is 0.250. The minimum atomic E-state index is -0.192. The molecule has 1 aromatic carbocycles. The number of aromatic nitrogens is 2. The van der Waals surface area contributed by atoms with Crippen LogP contribution in [-0.4, -0.2) is 17.1 Å². The van der Waals surface area contributed by atoms with Crippen LogP contribution in [0.4, 0.5) is 0 Å². The molecule has 0 radical (unpaired) electrons. The number of nitrogens with one attached hydrogen (secondary N) is 2. The number of hydrogen-bond acceptors (Lipinski definition) is 2. The van der Waals surface area contributed by atoms with Crippen molar-refractivity contribution in [2.24, 2.45) is 0 Å². The topological polar surface area (TPSA) is 57.9 Å². The van der Waals surface area contributed by atoms with Crippen LogP contribution >= 0.6 is 0 Å². The summed E-state index contributed by atoms with van der Waals surface area (Å²) in [7, 11) is 1.65. The first-order valence-electron chi connectivity index (χ1n) is 5.05. The molecule has 4 heteroatoms. The zero-order chi connectivity index (χ0) is 11.7. The van der Waals surface area contributed by atoms with E-state index in [2.05, 4.69) is 9.97 Å². The van der Waals surface area contributed by atoms with E-state index in [0.29, 0.717) is 0 Å². The van der Waals surface area contributed by atoms with Gasteiger partial charge in [0.15, 0.2) is 0 Å². The van der Waals surface area contributed by atoms with Gasteiger partial charge in [0.05, 0.1) is 12.8 Å². The maximum absolute atomic E-state index is 11.0. The molecule has 84 valence electrons. The van der Waals surface area contributed by atoms with Crippen LogP contribution in [0.25, 0.3) is 11.3 Å². The second-order valence-electron chi connectivity index (χ2n) is 3.79. The zero-order valence-corrected chi connectivity index (χ0v) is 9.55. The van der Waals surface area contributed by atoms with Crippen LogP contribution in [-0.2, 0) is 0 Å². The second kappa shape index (κ2) is 3.89. The highest BCUT2D eigenvalue weighted by Gasteiger charge is 2.08. The van der Waals surface area contributed by atoms with Gasteiger partial charge in [0, 0.05) is 11.8 Å². The molecule has 0 saturated carbocycles. The Bertz CT molecular complexity index is 567. The lowest BCUT2D eigenvalue weighted by molar-refractivity contribution is 0.411.